The minimum Gasteiger partial charge on any atom is -0.478 e. The number of piperazine rings is 1. The van der Waals surface area contributed by atoms with Gasteiger partial charge in [-0.3, -0.25) is 9.62 Å². The van der Waals surface area contributed by atoms with E-state index in [9.17, 15) is 35.9 Å². The summed E-state index contributed by atoms with van der Waals surface area (Å²) in [5.41, 5.74) is 0.315. The van der Waals surface area contributed by atoms with E-state index in [1.807, 2.05) is 4.90 Å². The van der Waals surface area contributed by atoms with Gasteiger partial charge in [0.15, 0.2) is 0 Å². The molecule has 1 aliphatic rings. The van der Waals surface area contributed by atoms with Crippen LogP contribution in [0.1, 0.15) is 16.8 Å². The van der Waals surface area contributed by atoms with E-state index in [2.05, 4.69) is 15.7 Å². The molecule has 0 amide bonds. The lowest BCUT2D eigenvalue weighted by atomic mass is 10.1. The minimum absolute atomic E-state index is 0.121. The number of aromatic carboxylic acids is 1. The van der Waals surface area contributed by atoms with Crippen molar-refractivity contribution in [2.45, 2.75) is 17.5 Å². The van der Waals surface area contributed by atoms with Gasteiger partial charge in [0, 0.05) is 44.8 Å². The zero-order valence-corrected chi connectivity index (χ0v) is 20.9. The van der Waals surface area contributed by atoms with Crippen LogP contribution in [0.25, 0.3) is 0 Å². The average Bonchev–Trinajstić information content (AvgIpc) is 2.82. The number of hydrogen-bond donors (Lipinski definition) is 3. The summed E-state index contributed by atoms with van der Waals surface area (Å²) in [7, 11) is -4.23. The summed E-state index contributed by atoms with van der Waals surface area (Å²) in [6.07, 6.45) is -4.63. The minimum atomic E-state index is -5.08. The molecule has 38 heavy (non-hydrogen) atoms. The largest absolute Gasteiger partial charge is 0.490 e. The Bertz CT molecular complexity index is 1330. The maximum atomic E-state index is 13.2. The molecule has 3 N–H and O–H groups in total. The number of nitrogens with one attached hydrogen (secondary N) is 1. The molecule has 2 aromatic carbocycles. The van der Waals surface area contributed by atoms with Gasteiger partial charge >= 0.3 is 18.1 Å². The zero-order chi connectivity index (χ0) is 28.7. The van der Waals surface area contributed by atoms with E-state index < -0.39 is 34.0 Å². The molecule has 1 saturated heterocycles. The van der Waals surface area contributed by atoms with Crippen LogP contribution in [0.3, 0.4) is 0 Å². The van der Waals surface area contributed by atoms with Crippen molar-refractivity contribution >= 4 is 44.9 Å². The molecule has 0 aromatic heterocycles. The maximum absolute atomic E-state index is 13.2. The van der Waals surface area contributed by atoms with Gasteiger partial charge in [-0.15, -0.1) is 0 Å². The summed E-state index contributed by atoms with van der Waals surface area (Å²) < 4.78 is 72.5. The van der Waals surface area contributed by atoms with E-state index in [0.29, 0.717) is 31.7 Å². The fraction of sp³-hybridized carbons (Fsp3) is 0.318. The molecule has 0 unspecified atom stereocenters. The van der Waals surface area contributed by atoms with Gasteiger partial charge in [0.05, 0.1) is 22.3 Å². The molecule has 0 atom stereocenters. The molecular weight excluding hydrogens is 560 g/mol. The molecule has 16 heteroatoms. The van der Waals surface area contributed by atoms with Gasteiger partial charge in [0.25, 0.3) is 10.0 Å². The molecule has 0 bridgehead atoms. The second kappa shape index (κ2) is 12.8. The second-order valence-electron chi connectivity index (χ2n) is 7.75. The SMILES string of the molecule is N#CCCN1CCN(c2ccc(NS(=O)(=O)c3ccc(F)cc3Cl)c(C(=O)O)c2)CC1.O=C(O)C(F)(F)F. The fourth-order valence-corrected chi connectivity index (χ4v) is 4.94. The first kappa shape index (κ1) is 30.6. The summed E-state index contributed by atoms with van der Waals surface area (Å²) >= 11 is 5.85. The van der Waals surface area contributed by atoms with Crippen LogP contribution in [0.4, 0.5) is 28.9 Å². The number of nitrogens with zero attached hydrogens (tertiary/aromatic N) is 3. The van der Waals surface area contributed by atoms with Gasteiger partial charge in [-0.2, -0.15) is 18.4 Å². The number of carboxylic acid groups (broad SMARTS) is 2. The standard InChI is InChI=1S/C20H20ClFN4O4S.C2HF3O2/c21-17-12-14(22)2-5-19(17)31(29,30)24-18-4-3-15(13-16(18)20(27)28)26-10-8-25(9-11-26)7-1-6-23;3-2(4,5)1(6)7/h2-5,12-13,24H,1,7-11H2,(H,27,28);(H,6,7). The first-order valence-electron chi connectivity index (χ1n) is 10.6. The first-order chi connectivity index (χ1) is 17.7. The number of anilines is 2. The van der Waals surface area contributed by atoms with Crippen LogP contribution in [0.15, 0.2) is 41.3 Å². The molecular formula is C22H21ClF4N4O6S. The Labute approximate surface area is 219 Å². The Morgan fingerprint density at radius 1 is 1.08 bits per heavy atom. The molecule has 206 valence electrons. The summed E-state index contributed by atoms with van der Waals surface area (Å²) in [6, 6.07) is 9.40. The second-order valence-corrected chi connectivity index (χ2v) is 9.81. The predicted octanol–water partition coefficient (Wildman–Crippen LogP) is 3.65. The highest BCUT2D eigenvalue weighted by Gasteiger charge is 2.38. The van der Waals surface area contributed by atoms with E-state index in [1.165, 1.54) is 12.1 Å². The average molecular weight is 581 g/mol. The highest BCUT2D eigenvalue weighted by Crippen LogP contribution is 2.29. The van der Waals surface area contributed by atoms with Crippen molar-refractivity contribution in [1.82, 2.24) is 4.90 Å². The van der Waals surface area contributed by atoms with E-state index >= 15 is 0 Å². The third-order valence-corrected chi connectivity index (χ3v) is 7.03. The zero-order valence-electron chi connectivity index (χ0n) is 19.4. The van der Waals surface area contributed by atoms with Crippen molar-refractivity contribution < 1.29 is 45.8 Å². The Balaban J connectivity index is 0.000000638. The van der Waals surface area contributed by atoms with E-state index in [1.54, 1.807) is 6.07 Å². The lowest BCUT2D eigenvalue weighted by Crippen LogP contribution is -2.46. The van der Waals surface area contributed by atoms with Crippen LogP contribution in [-0.4, -0.2) is 74.4 Å². The first-order valence-corrected chi connectivity index (χ1v) is 12.5. The molecule has 10 nitrogen and oxygen atoms in total. The maximum Gasteiger partial charge on any atom is 0.490 e. The smallest absolute Gasteiger partial charge is 0.478 e. The number of carbonyl (C=O) groups is 2. The summed E-state index contributed by atoms with van der Waals surface area (Å²) in [5, 5.41) is 25.1. The monoisotopic (exact) mass is 580 g/mol. The van der Waals surface area contributed by atoms with Crippen LogP contribution >= 0.6 is 11.6 Å². The lowest BCUT2D eigenvalue weighted by Gasteiger charge is -2.36. The van der Waals surface area contributed by atoms with Gasteiger partial charge in [-0.05, 0) is 36.4 Å². The summed E-state index contributed by atoms with van der Waals surface area (Å²) in [5.74, 6) is -4.74. The van der Waals surface area contributed by atoms with Crippen LogP contribution in [0, 0.1) is 17.1 Å². The number of benzene rings is 2. The van der Waals surface area contributed by atoms with Crippen LogP contribution in [-0.2, 0) is 14.8 Å². The number of rotatable bonds is 7. The normalized spacial score (nSPS) is 14.2. The van der Waals surface area contributed by atoms with Crippen LogP contribution in [0.5, 0.6) is 0 Å². The fourth-order valence-electron chi connectivity index (χ4n) is 3.33. The molecule has 0 spiro atoms. The van der Waals surface area contributed by atoms with Gasteiger partial charge in [0.2, 0.25) is 0 Å². The van der Waals surface area contributed by atoms with Crippen molar-refractivity contribution in [3.05, 3.63) is 52.8 Å². The molecule has 3 rings (SSSR count). The van der Waals surface area contributed by atoms with Crippen molar-refractivity contribution in [3.63, 3.8) is 0 Å². The summed E-state index contributed by atoms with van der Waals surface area (Å²) in [6.45, 7) is 3.47. The van der Waals surface area contributed by atoms with Crippen LogP contribution < -0.4 is 9.62 Å². The number of aliphatic carboxylic acids is 1. The van der Waals surface area contributed by atoms with Crippen molar-refractivity contribution in [1.29, 1.82) is 5.26 Å². The Morgan fingerprint density at radius 3 is 2.18 bits per heavy atom. The Kier molecular flexibility index (Phi) is 10.3. The number of hydrogen-bond acceptors (Lipinski definition) is 7. The molecule has 1 aliphatic heterocycles. The number of carboxylic acids is 2. The van der Waals surface area contributed by atoms with Gasteiger partial charge in [-0.1, -0.05) is 11.6 Å². The van der Waals surface area contributed by atoms with Gasteiger partial charge in [-0.25, -0.2) is 22.4 Å². The lowest BCUT2D eigenvalue weighted by molar-refractivity contribution is -0.192. The van der Waals surface area contributed by atoms with Crippen molar-refractivity contribution in [2.24, 2.45) is 0 Å². The number of sulfonamides is 1. The summed E-state index contributed by atoms with van der Waals surface area (Å²) in [4.78, 5) is 24.5. The highest BCUT2D eigenvalue weighted by atomic mass is 35.5. The van der Waals surface area contributed by atoms with Crippen molar-refractivity contribution in [3.8, 4) is 6.07 Å². The van der Waals surface area contributed by atoms with E-state index in [0.717, 1.165) is 31.3 Å². The van der Waals surface area contributed by atoms with Gasteiger partial charge in [0.1, 0.15) is 10.7 Å². The number of nitriles is 1. The molecule has 2 aromatic rings. The van der Waals surface area contributed by atoms with E-state index in [-0.39, 0.29) is 21.2 Å². The van der Waals surface area contributed by atoms with Crippen molar-refractivity contribution in [2.75, 3.05) is 42.3 Å². The third-order valence-electron chi connectivity index (χ3n) is 5.18. The molecule has 0 radical (unpaired) electrons. The predicted molar refractivity (Wildman–Crippen MR) is 128 cm³/mol. The Hall–Kier alpha value is -3.61. The molecule has 1 heterocycles. The Morgan fingerprint density at radius 2 is 1.68 bits per heavy atom. The van der Waals surface area contributed by atoms with E-state index in [4.69, 9.17) is 26.8 Å². The third kappa shape index (κ3) is 8.47. The molecule has 0 saturated carbocycles. The van der Waals surface area contributed by atoms with Gasteiger partial charge < -0.3 is 15.1 Å². The highest BCUT2D eigenvalue weighted by molar-refractivity contribution is 7.92. The molecule has 0 aliphatic carbocycles. The quantitative estimate of drug-likeness (QED) is 0.417. The van der Waals surface area contributed by atoms with Crippen LogP contribution in [0.2, 0.25) is 5.02 Å². The molecule has 1 fully saturated rings. The number of halogens is 5. The number of alkyl halides is 3. The topological polar surface area (TPSA) is 151 Å².